The van der Waals surface area contributed by atoms with Crippen LogP contribution in [0.4, 0.5) is 4.39 Å². The SMILES string of the molecule is COc1cc(OC)nc(C2C[CH]CCN2Cc2ccc(OC)c(OCCF)c2)n1. The monoisotopic (exact) mass is 404 g/mol. The molecule has 0 amide bonds. The third-order valence-electron chi connectivity index (χ3n) is 4.81. The van der Waals surface area contributed by atoms with Crippen molar-refractivity contribution >= 4 is 0 Å². The average molecular weight is 404 g/mol. The maximum atomic E-state index is 12.5. The lowest BCUT2D eigenvalue weighted by atomic mass is 10.00. The lowest BCUT2D eigenvalue weighted by Gasteiger charge is -2.34. The summed E-state index contributed by atoms with van der Waals surface area (Å²) in [6.07, 6.45) is 4.07. The van der Waals surface area contributed by atoms with Gasteiger partial charge in [0, 0.05) is 6.54 Å². The van der Waals surface area contributed by atoms with Gasteiger partial charge in [0.1, 0.15) is 13.3 Å². The van der Waals surface area contributed by atoms with Gasteiger partial charge in [-0.2, -0.15) is 9.97 Å². The molecule has 2 aromatic rings. The minimum atomic E-state index is -0.549. The summed E-state index contributed by atoms with van der Waals surface area (Å²) in [5, 5.41) is 0. The quantitative estimate of drug-likeness (QED) is 0.635. The number of benzene rings is 1. The molecule has 0 N–H and O–H groups in total. The first kappa shape index (κ1) is 21.1. The second kappa shape index (κ2) is 10.2. The molecule has 0 aliphatic carbocycles. The topological polar surface area (TPSA) is 65.9 Å². The van der Waals surface area contributed by atoms with Crippen molar-refractivity contribution in [1.29, 1.82) is 0 Å². The van der Waals surface area contributed by atoms with Crippen molar-refractivity contribution in [3.05, 3.63) is 42.1 Å². The molecular formula is C21H27FN3O4. The molecule has 0 spiro atoms. The number of nitrogens with zero attached hydrogens (tertiary/aromatic N) is 3. The second-order valence-corrected chi connectivity index (χ2v) is 6.63. The second-order valence-electron chi connectivity index (χ2n) is 6.63. The third kappa shape index (κ3) is 5.26. The van der Waals surface area contributed by atoms with E-state index in [0.29, 0.717) is 35.6 Å². The molecule has 2 heterocycles. The first-order valence-electron chi connectivity index (χ1n) is 9.56. The van der Waals surface area contributed by atoms with Crippen LogP contribution in [0.2, 0.25) is 0 Å². The summed E-state index contributed by atoms with van der Waals surface area (Å²) in [4.78, 5) is 11.4. The number of rotatable bonds is 9. The van der Waals surface area contributed by atoms with Gasteiger partial charge in [-0.3, -0.25) is 4.90 Å². The molecule has 1 unspecified atom stereocenters. The summed E-state index contributed by atoms with van der Waals surface area (Å²) in [5.41, 5.74) is 1.04. The normalized spacial score (nSPS) is 17.0. The van der Waals surface area contributed by atoms with E-state index in [0.717, 1.165) is 24.9 Å². The lowest BCUT2D eigenvalue weighted by molar-refractivity contribution is 0.154. The summed E-state index contributed by atoms with van der Waals surface area (Å²) in [6.45, 7) is 1.00. The summed E-state index contributed by atoms with van der Waals surface area (Å²) in [6, 6.07) is 7.41. The average Bonchev–Trinajstić information content (AvgIpc) is 2.77. The van der Waals surface area contributed by atoms with Gasteiger partial charge < -0.3 is 18.9 Å². The molecule has 1 aromatic carbocycles. The number of likely N-dealkylation sites (tertiary alicyclic amines) is 1. The van der Waals surface area contributed by atoms with Crippen molar-refractivity contribution in [2.45, 2.75) is 25.4 Å². The van der Waals surface area contributed by atoms with E-state index in [9.17, 15) is 4.39 Å². The molecule has 8 heteroatoms. The molecule has 1 aromatic heterocycles. The van der Waals surface area contributed by atoms with Crippen LogP contribution in [-0.2, 0) is 6.54 Å². The molecule has 0 bridgehead atoms. The van der Waals surface area contributed by atoms with Crippen molar-refractivity contribution in [2.24, 2.45) is 0 Å². The van der Waals surface area contributed by atoms with Crippen molar-refractivity contribution in [3.8, 4) is 23.3 Å². The van der Waals surface area contributed by atoms with E-state index in [1.54, 1.807) is 27.4 Å². The van der Waals surface area contributed by atoms with Crippen LogP contribution in [0.1, 0.15) is 30.3 Å². The van der Waals surface area contributed by atoms with Gasteiger partial charge >= 0.3 is 0 Å². The molecule has 3 rings (SSSR count). The summed E-state index contributed by atoms with van der Waals surface area (Å²) >= 11 is 0. The number of hydrogen-bond acceptors (Lipinski definition) is 7. The maximum absolute atomic E-state index is 12.5. The minimum absolute atomic E-state index is 0.00143. The van der Waals surface area contributed by atoms with Gasteiger partial charge in [-0.25, -0.2) is 4.39 Å². The van der Waals surface area contributed by atoms with Crippen molar-refractivity contribution in [2.75, 3.05) is 41.2 Å². The number of halogens is 1. The largest absolute Gasteiger partial charge is 0.493 e. The number of methoxy groups -OCH3 is 3. The van der Waals surface area contributed by atoms with Crippen molar-refractivity contribution in [1.82, 2.24) is 14.9 Å². The van der Waals surface area contributed by atoms with Gasteiger partial charge in [0.15, 0.2) is 17.3 Å². The zero-order chi connectivity index (χ0) is 20.6. The molecule has 0 saturated carbocycles. The molecule has 7 nitrogen and oxygen atoms in total. The van der Waals surface area contributed by atoms with Crippen LogP contribution in [-0.4, -0.2) is 56.0 Å². The Balaban J connectivity index is 1.84. The van der Waals surface area contributed by atoms with Crippen LogP contribution in [0.25, 0.3) is 0 Å². The first-order valence-corrected chi connectivity index (χ1v) is 9.56. The zero-order valence-corrected chi connectivity index (χ0v) is 17.1. The standard InChI is InChI=1S/C21H27FN3O4/c1-26-17-8-7-15(12-18(17)29-11-9-22)14-25-10-5-4-6-16(25)21-23-19(27-2)13-20(24-21)28-3/h4,7-8,12-13,16H,5-6,9-11,14H2,1-3H3. The van der Waals surface area contributed by atoms with E-state index < -0.39 is 6.67 Å². The Kier molecular flexibility index (Phi) is 7.46. The van der Waals surface area contributed by atoms with Crippen molar-refractivity contribution < 1.29 is 23.3 Å². The van der Waals surface area contributed by atoms with Gasteiger partial charge in [-0.15, -0.1) is 0 Å². The smallest absolute Gasteiger partial charge is 0.220 e. The Labute approximate surface area is 170 Å². The van der Waals surface area contributed by atoms with Crippen LogP contribution < -0.4 is 18.9 Å². The number of piperidine rings is 1. The first-order chi connectivity index (χ1) is 14.2. The zero-order valence-electron chi connectivity index (χ0n) is 17.1. The number of alkyl halides is 1. The van der Waals surface area contributed by atoms with Crippen LogP contribution in [0.3, 0.4) is 0 Å². The predicted octanol–water partition coefficient (Wildman–Crippen LogP) is 3.39. The summed E-state index contributed by atoms with van der Waals surface area (Å²) in [5.74, 6) is 2.75. The number of aromatic nitrogens is 2. The van der Waals surface area contributed by atoms with Gasteiger partial charge in [0.25, 0.3) is 0 Å². The van der Waals surface area contributed by atoms with E-state index >= 15 is 0 Å². The Bertz CT molecular complexity index is 783. The summed E-state index contributed by atoms with van der Waals surface area (Å²) < 4.78 is 33.9. The highest BCUT2D eigenvalue weighted by atomic mass is 19.1. The molecule has 157 valence electrons. The van der Waals surface area contributed by atoms with Crippen LogP contribution >= 0.6 is 0 Å². The molecule has 1 saturated heterocycles. The van der Waals surface area contributed by atoms with Gasteiger partial charge in [-0.1, -0.05) is 6.07 Å². The van der Waals surface area contributed by atoms with E-state index in [2.05, 4.69) is 21.3 Å². The number of ether oxygens (including phenoxy) is 4. The van der Waals surface area contributed by atoms with Gasteiger partial charge in [0.2, 0.25) is 11.8 Å². The molecule has 1 fully saturated rings. The molecule has 1 aliphatic rings. The summed E-state index contributed by atoms with van der Waals surface area (Å²) in [7, 11) is 4.72. The fourth-order valence-corrected chi connectivity index (χ4v) is 3.39. The maximum Gasteiger partial charge on any atom is 0.220 e. The molecule has 1 atom stereocenters. The highest BCUT2D eigenvalue weighted by molar-refractivity contribution is 5.43. The van der Waals surface area contributed by atoms with Crippen LogP contribution in [0, 0.1) is 6.42 Å². The Morgan fingerprint density at radius 2 is 1.79 bits per heavy atom. The minimum Gasteiger partial charge on any atom is -0.493 e. The fraction of sp³-hybridized carbons (Fsp3) is 0.476. The van der Waals surface area contributed by atoms with Gasteiger partial charge in [-0.05, 0) is 43.5 Å². The molecule has 29 heavy (non-hydrogen) atoms. The molecular weight excluding hydrogens is 377 g/mol. The third-order valence-corrected chi connectivity index (χ3v) is 4.81. The van der Waals surface area contributed by atoms with Crippen molar-refractivity contribution in [3.63, 3.8) is 0 Å². The highest BCUT2D eigenvalue weighted by Crippen LogP contribution is 2.34. The van der Waals surface area contributed by atoms with E-state index in [-0.39, 0.29) is 12.6 Å². The van der Waals surface area contributed by atoms with E-state index in [4.69, 9.17) is 18.9 Å². The van der Waals surface area contributed by atoms with E-state index in [1.165, 1.54) is 0 Å². The van der Waals surface area contributed by atoms with Gasteiger partial charge in [0.05, 0.1) is 33.4 Å². The highest BCUT2D eigenvalue weighted by Gasteiger charge is 2.28. The Hall–Kier alpha value is -2.61. The Morgan fingerprint density at radius 1 is 1.03 bits per heavy atom. The fourth-order valence-electron chi connectivity index (χ4n) is 3.39. The Morgan fingerprint density at radius 3 is 2.45 bits per heavy atom. The molecule has 1 radical (unpaired) electrons. The lowest BCUT2D eigenvalue weighted by Crippen LogP contribution is -2.34. The van der Waals surface area contributed by atoms with Crippen LogP contribution in [0.15, 0.2) is 24.3 Å². The van der Waals surface area contributed by atoms with Crippen LogP contribution in [0.5, 0.6) is 23.3 Å². The predicted molar refractivity (Wildman–Crippen MR) is 106 cm³/mol. The number of hydrogen-bond donors (Lipinski definition) is 0. The molecule has 1 aliphatic heterocycles. The van der Waals surface area contributed by atoms with E-state index in [1.807, 2.05) is 18.2 Å².